The molecule has 3 aromatic carbocycles. The van der Waals surface area contributed by atoms with Crippen LogP contribution in [0.15, 0.2) is 78.9 Å². The third-order valence-electron chi connectivity index (χ3n) is 4.15. The molecular formula is C23H21FN2O3. The van der Waals surface area contributed by atoms with Gasteiger partial charge in [0.15, 0.2) is 0 Å². The molecule has 0 saturated carbocycles. The van der Waals surface area contributed by atoms with E-state index in [9.17, 15) is 14.0 Å². The molecule has 5 nitrogen and oxygen atoms in total. The van der Waals surface area contributed by atoms with Crippen LogP contribution in [0.25, 0.3) is 0 Å². The van der Waals surface area contributed by atoms with Crippen molar-refractivity contribution >= 4 is 23.2 Å². The first-order valence-corrected chi connectivity index (χ1v) is 9.11. The van der Waals surface area contributed by atoms with E-state index in [1.807, 2.05) is 60.7 Å². The first kappa shape index (κ1) is 20.2. The second-order valence-electron chi connectivity index (χ2n) is 6.44. The largest absolute Gasteiger partial charge is 0.359 e. The zero-order valence-electron chi connectivity index (χ0n) is 15.9. The Balaban J connectivity index is 1.69. The average Bonchev–Trinajstić information content (AvgIpc) is 2.72. The topological polar surface area (TPSA) is 67.4 Å². The number of halogens is 1. The standard InChI is InChI=1S/C23H21FN2O3/c1-16(27)25-21-14-19(12-13-20(21)24)26-22(28)15-29-23(17-8-4-2-5-9-17)18-10-6-3-7-11-18/h2-14,23H,15H2,1H3,(H,25,27)(H,26,28). The van der Waals surface area contributed by atoms with Crippen LogP contribution in [0.3, 0.4) is 0 Å². The Hall–Kier alpha value is -3.51. The first-order valence-electron chi connectivity index (χ1n) is 9.11. The molecule has 6 heteroatoms. The highest BCUT2D eigenvalue weighted by molar-refractivity contribution is 5.94. The number of hydrogen-bond acceptors (Lipinski definition) is 3. The number of rotatable bonds is 7. The fourth-order valence-corrected chi connectivity index (χ4v) is 2.89. The monoisotopic (exact) mass is 392 g/mol. The van der Waals surface area contributed by atoms with Crippen LogP contribution in [-0.4, -0.2) is 18.4 Å². The maximum absolute atomic E-state index is 13.7. The molecule has 0 heterocycles. The van der Waals surface area contributed by atoms with Gasteiger partial charge in [-0.1, -0.05) is 60.7 Å². The summed E-state index contributed by atoms with van der Waals surface area (Å²) in [4.78, 5) is 23.5. The molecule has 0 spiro atoms. The Morgan fingerprint density at radius 3 is 2.03 bits per heavy atom. The molecule has 2 N–H and O–H groups in total. The minimum atomic E-state index is -0.581. The maximum atomic E-state index is 13.7. The van der Waals surface area contributed by atoms with Crippen molar-refractivity contribution in [1.29, 1.82) is 0 Å². The van der Waals surface area contributed by atoms with Crippen LogP contribution in [0.5, 0.6) is 0 Å². The smallest absolute Gasteiger partial charge is 0.250 e. The van der Waals surface area contributed by atoms with E-state index in [2.05, 4.69) is 10.6 Å². The van der Waals surface area contributed by atoms with Gasteiger partial charge >= 0.3 is 0 Å². The molecular weight excluding hydrogens is 371 g/mol. The molecule has 148 valence electrons. The van der Waals surface area contributed by atoms with E-state index in [4.69, 9.17) is 4.74 Å². The summed E-state index contributed by atoms with van der Waals surface area (Å²) in [5, 5.41) is 5.04. The fourth-order valence-electron chi connectivity index (χ4n) is 2.89. The fraction of sp³-hybridized carbons (Fsp3) is 0.130. The van der Waals surface area contributed by atoms with Gasteiger partial charge in [-0.05, 0) is 29.3 Å². The van der Waals surface area contributed by atoms with Gasteiger partial charge in [0.1, 0.15) is 18.5 Å². The molecule has 0 aliphatic heterocycles. The quantitative estimate of drug-likeness (QED) is 0.621. The number of carbonyl (C=O) groups excluding carboxylic acids is 2. The molecule has 0 saturated heterocycles. The lowest BCUT2D eigenvalue weighted by atomic mass is 10.0. The summed E-state index contributed by atoms with van der Waals surface area (Å²) in [5.41, 5.74) is 2.23. The Bertz CT molecular complexity index is 938. The van der Waals surface area contributed by atoms with Crippen LogP contribution in [-0.2, 0) is 14.3 Å². The van der Waals surface area contributed by atoms with Crippen molar-refractivity contribution in [3.8, 4) is 0 Å². The van der Waals surface area contributed by atoms with E-state index < -0.39 is 17.8 Å². The lowest BCUT2D eigenvalue weighted by molar-refractivity contribution is -0.122. The Labute approximate surface area is 168 Å². The highest BCUT2D eigenvalue weighted by atomic mass is 19.1. The molecule has 0 aliphatic rings. The molecule has 3 aromatic rings. The molecule has 3 rings (SSSR count). The Morgan fingerprint density at radius 2 is 1.48 bits per heavy atom. The van der Waals surface area contributed by atoms with Gasteiger partial charge in [-0.3, -0.25) is 9.59 Å². The van der Waals surface area contributed by atoms with Crippen LogP contribution in [0.4, 0.5) is 15.8 Å². The number of benzene rings is 3. The summed E-state index contributed by atoms with van der Waals surface area (Å²) in [6.07, 6.45) is -0.397. The summed E-state index contributed by atoms with van der Waals surface area (Å²) in [5.74, 6) is -1.37. The highest BCUT2D eigenvalue weighted by Crippen LogP contribution is 2.26. The van der Waals surface area contributed by atoms with Crippen molar-refractivity contribution in [1.82, 2.24) is 0 Å². The van der Waals surface area contributed by atoms with Gasteiger partial charge in [-0.15, -0.1) is 0 Å². The molecule has 0 aromatic heterocycles. The van der Waals surface area contributed by atoms with Gasteiger partial charge < -0.3 is 15.4 Å². The third-order valence-corrected chi connectivity index (χ3v) is 4.15. The van der Waals surface area contributed by atoms with Gasteiger partial charge in [0.2, 0.25) is 11.8 Å². The molecule has 0 bridgehead atoms. The molecule has 0 unspecified atom stereocenters. The molecule has 29 heavy (non-hydrogen) atoms. The predicted molar refractivity (Wildman–Crippen MR) is 110 cm³/mol. The van der Waals surface area contributed by atoms with Crippen molar-refractivity contribution in [2.75, 3.05) is 17.2 Å². The summed E-state index contributed by atoms with van der Waals surface area (Å²) < 4.78 is 19.7. The number of carbonyl (C=O) groups is 2. The first-order chi connectivity index (χ1) is 14.0. The minimum absolute atomic E-state index is 0.00247. The number of hydrogen-bond donors (Lipinski definition) is 2. The predicted octanol–water partition coefficient (Wildman–Crippen LogP) is 4.53. The van der Waals surface area contributed by atoms with E-state index in [0.29, 0.717) is 5.69 Å². The van der Waals surface area contributed by atoms with E-state index >= 15 is 0 Å². The van der Waals surface area contributed by atoms with Crippen LogP contribution in [0, 0.1) is 5.82 Å². The van der Waals surface area contributed by atoms with Crippen LogP contribution in [0.2, 0.25) is 0 Å². The summed E-state index contributed by atoms with van der Waals surface area (Å²) in [7, 11) is 0. The van der Waals surface area contributed by atoms with Crippen molar-refractivity contribution < 1.29 is 18.7 Å². The summed E-state index contributed by atoms with van der Waals surface area (Å²) in [6.45, 7) is 1.09. The van der Waals surface area contributed by atoms with Crippen LogP contribution >= 0.6 is 0 Å². The van der Waals surface area contributed by atoms with Crippen molar-refractivity contribution in [3.05, 3.63) is 95.8 Å². The van der Waals surface area contributed by atoms with Crippen molar-refractivity contribution in [2.45, 2.75) is 13.0 Å². The van der Waals surface area contributed by atoms with Crippen molar-refractivity contribution in [2.24, 2.45) is 0 Å². The van der Waals surface area contributed by atoms with Gasteiger partial charge in [0.25, 0.3) is 0 Å². The number of anilines is 2. The average molecular weight is 392 g/mol. The Kier molecular flexibility index (Phi) is 6.71. The minimum Gasteiger partial charge on any atom is -0.359 e. The van der Waals surface area contributed by atoms with E-state index in [0.717, 1.165) is 11.1 Å². The van der Waals surface area contributed by atoms with E-state index in [1.54, 1.807) is 0 Å². The van der Waals surface area contributed by atoms with Gasteiger partial charge in [0.05, 0.1) is 5.69 Å². The molecule has 0 radical (unpaired) electrons. The molecule has 0 aliphatic carbocycles. The normalized spacial score (nSPS) is 10.6. The Morgan fingerprint density at radius 1 is 0.897 bits per heavy atom. The molecule has 2 amide bonds. The maximum Gasteiger partial charge on any atom is 0.250 e. The van der Waals surface area contributed by atoms with Gasteiger partial charge in [0, 0.05) is 12.6 Å². The molecule has 0 atom stereocenters. The van der Waals surface area contributed by atoms with Crippen molar-refractivity contribution in [3.63, 3.8) is 0 Å². The second-order valence-corrected chi connectivity index (χ2v) is 6.44. The SMILES string of the molecule is CC(=O)Nc1cc(NC(=O)COC(c2ccccc2)c2ccccc2)ccc1F. The van der Waals surface area contributed by atoms with Crippen LogP contribution < -0.4 is 10.6 Å². The van der Waals surface area contributed by atoms with Crippen LogP contribution in [0.1, 0.15) is 24.2 Å². The van der Waals surface area contributed by atoms with Gasteiger partial charge in [-0.2, -0.15) is 0 Å². The zero-order valence-corrected chi connectivity index (χ0v) is 15.9. The lowest BCUT2D eigenvalue weighted by Gasteiger charge is -2.19. The zero-order chi connectivity index (χ0) is 20.6. The number of ether oxygens (including phenoxy) is 1. The summed E-state index contributed by atoms with van der Waals surface area (Å²) in [6, 6.07) is 23.2. The molecule has 0 fully saturated rings. The lowest BCUT2D eigenvalue weighted by Crippen LogP contribution is -2.21. The third kappa shape index (κ3) is 5.73. The van der Waals surface area contributed by atoms with E-state index in [1.165, 1.54) is 25.1 Å². The highest BCUT2D eigenvalue weighted by Gasteiger charge is 2.16. The summed E-state index contributed by atoms with van der Waals surface area (Å²) >= 11 is 0. The number of amides is 2. The van der Waals surface area contributed by atoms with E-state index in [-0.39, 0.29) is 18.2 Å². The number of nitrogens with one attached hydrogen (secondary N) is 2. The van der Waals surface area contributed by atoms with Gasteiger partial charge in [-0.25, -0.2) is 4.39 Å². The second kappa shape index (κ2) is 9.61.